The molecular formula is C25H16F6N4O2. The van der Waals surface area contributed by atoms with E-state index in [4.69, 9.17) is 4.74 Å². The standard InChI is InChI=1S/C25H16F6N4O2/c1-14-4-5-18(12-21(14)37-23-19(3-2-7-33-23)20-6-8-32-13-34-20)35-22(36)15-9-16(24(26,27)28)11-17(10-15)25(29,30)31/h2-13H,1H3,(H,35,36). The van der Waals surface area contributed by atoms with Crippen LogP contribution >= 0.6 is 0 Å². The number of alkyl halides is 6. The van der Waals surface area contributed by atoms with E-state index in [9.17, 15) is 31.1 Å². The average Bonchev–Trinajstić information content (AvgIpc) is 2.85. The maximum atomic E-state index is 13.2. The summed E-state index contributed by atoms with van der Waals surface area (Å²) in [5.41, 5.74) is -2.21. The Bertz CT molecular complexity index is 1410. The minimum absolute atomic E-state index is 0.0449. The molecule has 0 saturated heterocycles. The number of hydrogen-bond donors (Lipinski definition) is 1. The van der Waals surface area contributed by atoms with E-state index in [2.05, 4.69) is 20.3 Å². The summed E-state index contributed by atoms with van der Waals surface area (Å²) in [7, 11) is 0. The largest absolute Gasteiger partial charge is 0.438 e. The second-order valence-electron chi connectivity index (χ2n) is 7.78. The highest BCUT2D eigenvalue weighted by molar-refractivity contribution is 6.04. The van der Waals surface area contributed by atoms with E-state index in [1.54, 1.807) is 37.4 Å². The Kier molecular flexibility index (Phi) is 6.84. The summed E-state index contributed by atoms with van der Waals surface area (Å²) in [4.78, 5) is 24.9. The molecule has 0 unspecified atom stereocenters. The molecule has 4 aromatic rings. The third kappa shape index (κ3) is 6.02. The van der Waals surface area contributed by atoms with Crippen LogP contribution in [0.5, 0.6) is 11.6 Å². The number of aryl methyl sites for hydroxylation is 1. The number of aromatic nitrogens is 3. The van der Waals surface area contributed by atoms with Crippen LogP contribution in [0.4, 0.5) is 32.0 Å². The molecule has 190 valence electrons. The highest BCUT2D eigenvalue weighted by Gasteiger charge is 2.37. The van der Waals surface area contributed by atoms with Gasteiger partial charge in [-0.05, 0) is 55.0 Å². The normalized spacial score (nSPS) is 11.8. The number of amides is 1. The van der Waals surface area contributed by atoms with Gasteiger partial charge in [0.05, 0.1) is 22.4 Å². The van der Waals surface area contributed by atoms with Crippen LogP contribution in [0, 0.1) is 6.92 Å². The minimum Gasteiger partial charge on any atom is -0.438 e. The molecule has 0 bridgehead atoms. The number of benzene rings is 2. The zero-order chi connectivity index (χ0) is 26.8. The summed E-state index contributed by atoms with van der Waals surface area (Å²) in [6.45, 7) is 1.71. The molecule has 0 radical (unpaired) electrons. The van der Waals surface area contributed by atoms with Crippen molar-refractivity contribution < 1.29 is 35.9 Å². The van der Waals surface area contributed by atoms with Crippen molar-refractivity contribution in [1.82, 2.24) is 15.0 Å². The van der Waals surface area contributed by atoms with Crippen molar-refractivity contribution >= 4 is 11.6 Å². The van der Waals surface area contributed by atoms with Gasteiger partial charge in [0, 0.05) is 29.7 Å². The quantitative estimate of drug-likeness (QED) is 0.290. The van der Waals surface area contributed by atoms with Crippen LogP contribution in [0.25, 0.3) is 11.3 Å². The molecule has 2 aromatic heterocycles. The first-order valence-corrected chi connectivity index (χ1v) is 10.5. The van der Waals surface area contributed by atoms with Crippen LogP contribution in [-0.2, 0) is 12.4 Å². The Morgan fingerprint density at radius 3 is 2.19 bits per heavy atom. The van der Waals surface area contributed by atoms with Crippen LogP contribution in [0.1, 0.15) is 27.0 Å². The molecule has 0 aliphatic rings. The van der Waals surface area contributed by atoms with E-state index >= 15 is 0 Å². The summed E-state index contributed by atoms with van der Waals surface area (Å²) in [5.74, 6) is -0.738. The van der Waals surface area contributed by atoms with Gasteiger partial charge in [0.25, 0.3) is 5.91 Å². The lowest BCUT2D eigenvalue weighted by Gasteiger charge is -2.15. The molecule has 2 aromatic carbocycles. The molecule has 1 N–H and O–H groups in total. The highest BCUT2D eigenvalue weighted by atomic mass is 19.4. The zero-order valence-electron chi connectivity index (χ0n) is 18.9. The number of rotatable bonds is 5. The maximum Gasteiger partial charge on any atom is 0.416 e. The van der Waals surface area contributed by atoms with E-state index in [1.165, 1.54) is 24.7 Å². The van der Waals surface area contributed by atoms with Crippen molar-refractivity contribution in [1.29, 1.82) is 0 Å². The maximum absolute atomic E-state index is 13.2. The summed E-state index contributed by atoms with van der Waals surface area (Å²) in [6, 6.07) is 10.1. The van der Waals surface area contributed by atoms with E-state index in [0.717, 1.165) is 0 Å². The molecule has 1 amide bonds. The van der Waals surface area contributed by atoms with Gasteiger partial charge in [-0.3, -0.25) is 4.79 Å². The fourth-order valence-corrected chi connectivity index (χ4v) is 3.30. The van der Waals surface area contributed by atoms with Crippen LogP contribution in [-0.4, -0.2) is 20.9 Å². The predicted molar refractivity (Wildman–Crippen MR) is 121 cm³/mol. The van der Waals surface area contributed by atoms with Gasteiger partial charge in [-0.1, -0.05) is 6.07 Å². The number of anilines is 1. The van der Waals surface area contributed by atoms with Gasteiger partial charge in [-0.25, -0.2) is 15.0 Å². The molecule has 12 heteroatoms. The summed E-state index contributed by atoms with van der Waals surface area (Å²) in [5, 5.41) is 2.32. The van der Waals surface area contributed by atoms with E-state index in [0.29, 0.717) is 29.0 Å². The van der Waals surface area contributed by atoms with Gasteiger partial charge in [0.15, 0.2) is 0 Å². The molecule has 37 heavy (non-hydrogen) atoms. The predicted octanol–water partition coefficient (Wildman–Crippen LogP) is 6.93. The van der Waals surface area contributed by atoms with Crippen LogP contribution in [0.15, 0.2) is 73.3 Å². The van der Waals surface area contributed by atoms with Crippen molar-refractivity contribution in [2.24, 2.45) is 0 Å². The summed E-state index contributed by atoms with van der Waals surface area (Å²) >= 11 is 0. The van der Waals surface area contributed by atoms with Crippen molar-refractivity contribution in [2.75, 3.05) is 5.32 Å². The first-order chi connectivity index (χ1) is 17.4. The summed E-state index contributed by atoms with van der Waals surface area (Å²) in [6.07, 6.45) is -5.77. The number of nitrogens with zero attached hydrogens (tertiary/aromatic N) is 3. The molecule has 4 rings (SSSR count). The number of pyridine rings is 1. The lowest BCUT2D eigenvalue weighted by molar-refractivity contribution is -0.143. The first kappa shape index (κ1) is 25.6. The van der Waals surface area contributed by atoms with Crippen molar-refractivity contribution in [3.8, 4) is 22.9 Å². The Morgan fingerprint density at radius 2 is 1.57 bits per heavy atom. The third-order valence-corrected chi connectivity index (χ3v) is 5.13. The number of hydrogen-bond acceptors (Lipinski definition) is 5. The van der Waals surface area contributed by atoms with Gasteiger partial charge in [-0.15, -0.1) is 0 Å². The molecule has 0 spiro atoms. The Hall–Kier alpha value is -4.48. The minimum atomic E-state index is -5.08. The van der Waals surface area contributed by atoms with E-state index in [1.807, 2.05) is 0 Å². The monoisotopic (exact) mass is 518 g/mol. The van der Waals surface area contributed by atoms with Crippen LogP contribution in [0.2, 0.25) is 0 Å². The van der Waals surface area contributed by atoms with Crippen LogP contribution in [0.3, 0.4) is 0 Å². The zero-order valence-corrected chi connectivity index (χ0v) is 18.9. The lowest BCUT2D eigenvalue weighted by atomic mass is 10.0. The fraction of sp³-hybridized carbons (Fsp3) is 0.120. The molecule has 0 atom stereocenters. The topological polar surface area (TPSA) is 77.0 Å². The third-order valence-electron chi connectivity index (χ3n) is 5.13. The molecule has 0 aliphatic heterocycles. The number of carbonyl (C=O) groups is 1. The highest BCUT2D eigenvalue weighted by Crippen LogP contribution is 2.37. The second kappa shape index (κ2) is 9.88. The Labute approximate surface area is 206 Å². The van der Waals surface area contributed by atoms with Gasteiger partial charge >= 0.3 is 12.4 Å². The van der Waals surface area contributed by atoms with E-state index in [-0.39, 0.29) is 23.4 Å². The van der Waals surface area contributed by atoms with Crippen molar-refractivity contribution in [3.63, 3.8) is 0 Å². The molecule has 0 fully saturated rings. The number of carbonyl (C=O) groups excluding carboxylic acids is 1. The second-order valence-corrected chi connectivity index (χ2v) is 7.78. The summed E-state index contributed by atoms with van der Waals surface area (Å²) < 4.78 is 84.9. The van der Waals surface area contributed by atoms with Gasteiger partial charge in [-0.2, -0.15) is 26.3 Å². The fourth-order valence-electron chi connectivity index (χ4n) is 3.30. The smallest absolute Gasteiger partial charge is 0.416 e. The molecule has 0 saturated carbocycles. The van der Waals surface area contributed by atoms with Gasteiger partial charge in [0.2, 0.25) is 5.88 Å². The van der Waals surface area contributed by atoms with Gasteiger partial charge < -0.3 is 10.1 Å². The Balaban J connectivity index is 1.63. The van der Waals surface area contributed by atoms with Crippen LogP contribution < -0.4 is 10.1 Å². The van der Waals surface area contributed by atoms with Gasteiger partial charge in [0.1, 0.15) is 12.1 Å². The van der Waals surface area contributed by atoms with Crippen molar-refractivity contribution in [3.05, 3.63) is 95.6 Å². The average molecular weight is 518 g/mol. The lowest BCUT2D eigenvalue weighted by Crippen LogP contribution is -2.17. The number of nitrogens with one attached hydrogen (secondary N) is 1. The number of ether oxygens (including phenoxy) is 1. The number of halogens is 6. The molecule has 0 aliphatic carbocycles. The SMILES string of the molecule is Cc1ccc(NC(=O)c2cc(C(F)(F)F)cc(C(F)(F)F)c2)cc1Oc1ncccc1-c1ccncn1. The Morgan fingerprint density at radius 1 is 0.865 bits per heavy atom. The molecule has 2 heterocycles. The van der Waals surface area contributed by atoms with Crippen molar-refractivity contribution in [2.45, 2.75) is 19.3 Å². The molecule has 6 nitrogen and oxygen atoms in total. The van der Waals surface area contributed by atoms with E-state index < -0.39 is 35.0 Å². The molecular weight excluding hydrogens is 502 g/mol. The first-order valence-electron chi connectivity index (χ1n) is 10.5.